The van der Waals surface area contributed by atoms with Gasteiger partial charge < -0.3 is 73.7 Å². The van der Waals surface area contributed by atoms with Gasteiger partial charge in [-0.25, -0.2) is 4.79 Å². The van der Waals surface area contributed by atoms with Crippen molar-refractivity contribution in [3.63, 3.8) is 0 Å². The van der Waals surface area contributed by atoms with Crippen molar-refractivity contribution in [1.29, 1.82) is 0 Å². The fraction of sp³-hybridized carbons (Fsp3) is 0.451. The molecule has 406 valence electrons. The van der Waals surface area contributed by atoms with E-state index in [1.54, 1.807) is 60.8 Å². The monoisotopic (exact) mass is 1080 g/mol. The van der Waals surface area contributed by atoms with Crippen LogP contribution in [0.5, 0.6) is 0 Å². The number of amides is 7. The standard InChI is InChI=1S/C51H68N10O12S2/c1-29(63)40(26-73-43(65)25-62)58-50(71)42-28-75-74-27-41(59-45(66)35(53)21-31-13-5-3-6-14-31)49(70)56-38(22-32-15-7-4-8-16-32)47(68)57-39(23-33-24-54-36-18-10-9-17-34(33)36)48(69)55-37(19-11-12-20-52)46(67)61-44(30(2)64)51(72)60-42/h3-10,13-18,24,29-30,35,37-42,44,54,62-64H,11-12,19-23,25-28,52-53H2,1-2H3,(H,55,69)(H,56,70)(H,57,68)(H,58,71)(H,59,66)(H,60,72)(H,61,67)/t29-,30-,35?,37?,38?,39?,40?,41?,42?,44?/m1/s1. The van der Waals surface area contributed by atoms with E-state index >= 15 is 0 Å². The maximum atomic E-state index is 14.8. The summed E-state index contributed by atoms with van der Waals surface area (Å²) in [4.78, 5) is 115. The molecule has 8 unspecified atom stereocenters. The van der Waals surface area contributed by atoms with Gasteiger partial charge in [0.15, 0.2) is 0 Å². The first kappa shape index (κ1) is 59.3. The Hall–Kier alpha value is -6.54. The lowest BCUT2D eigenvalue weighted by atomic mass is 10.0. The van der Waals surface area contributed by atoms with Crippen LogP contribution in [0.2, 0.25) is 0 Å². The number of benzene rings is 3. The Morgan fingerprint density at radius 3 is 1.99 bits per heavy atom. The second-order valence-corrected chi connectivity index (χ2v) is 20.7. The lowest BCUT2D eigenvalue weighted by Crippen LogP contribution is -2.62. The maximum absolute atomic E-state index is 14.8. The average molecular weight is 1080 g/mol. The molecule has 2 heterocycles. The second-order valence-electron chi connectivity index (χ2n) is 18.1. The normalized spacial score (nSPS) is 22.1. The number of esters is 1. The van der Waals surface area contributed by atoms with E-state index in [1.807, 2.05) is 30.3 Å². The van der Waals surface area contributed by atoms with Crippen LogP contribution in [-0.4, -0.2) is 159 Å². The molecule has 1 aliphatic rings. The number of nitrogens with two attached hydrogens (primary N) is 2. The number of aliphatic hydroxyl groups excluding tert-OH is 3. The summed E-state index contributed by atoms with van der Waals surface area (Å²) in [5, 5.41) is 50.1. The van der Waals surface area contributed by atoms with Crippen molar-refractivity contribution in [3.8, 4) is 0 Å². The molecule has 0 aliphatic carbocycles. The van der Waals surface area contributed by atoms with E-state index in [4.69, 9.17) is 21.3 Å². The number of aromatic nitrogens is 1. The van der Waals surface area contributed by atoms with Crippen LogP contribution in [0.4, 0.5) is 0 Å². The molecule has 4 aromatic rings. The average Bonchev–Trinajstić information content (AvgIpc) is 3.80. The predicted octanol–water partition coefficient (Wildman–Crippen LogP) is -1.26. The first-order valence-corrected chi connectivity index (χ1v) is 27.0. The Bertz CT molecular complexity index is 2540. The van der Waals surface area contributed by atoms with Crippen LogP contribution >= 0.6 is 21.6 Å². The van der Waals surface area contributed by atoms with E-state index < -0.39 is 121 Å². The van der Waals surface area contributed by atoms with Crippen LogP contribution in [-0.2, 0) is 62.4 Å². The number of para-hydroxylation sites is 1. The Morgan fingerprint density at radius 2 is 1.33 bits per heavy atom. The highest BCUT2D eigenvalue weighted by atomic mass is 33.1. The van der Waals surface area contributed by atoms with Gasteiger partial charge in [-0.15, -0.1) is 0 Å². The van der Waals surface area contributed by atoms with Gasteiger partial charge >= 0.3 is 5.97 Å². The van der Waals surface area contributed by atoms with Crippen molar-refractivity contribution in [1.82, 2.24) is 42.2 Å². The van der Waals surface area contributed by atoms with Crippen molar-refractivity contribution in [2.24, 2.45) is 11.5 Å². The molecule has 0 saturated carbocycles. The molecule has 1 aliphatic heterocycles. The quantitative estimate of drug-likeness (QED) is 0.0296. The molecule has 10 atom stereocenters. The van der Waals surface area contributed by atoms with Crippen LogP contribution in [0.25, 0.3) is 10.9 Å². The van der Waals surface area contributed by atoms with Gasteiger partial charge in [0.25, 0.3) is 0 Å². The summed E-state index contributed by atoms with van der Waals surface area (Å²) in [7, 11) is 1.98. The molecule has 1 fully saturated rings. The van der Waals surface area contributed by atoms with Crippen molar-refractivity contribution < 1.29 is 58.4 Å². The highest BCUT2D eigenvalue weighted by Gasteiger charge is 2.36. The van der Waals surface area contributed by atoms with E-state index in [9.17, 15) is 48.6 Å². The summed E-state index contributed by atoms with van der Waals surface area (Å²) in [6.07, 6.45) is -0.469. The van der Waals surface area contributed by atoms with E-state index in [0.717, 1.165) is 38.1 Å². The lowest BCUT2D eigenvalue weighted by molar-refractivity contribution is -0.149. The van der Waals surface area contributed by atoms with E-state index in [-0.39, 0.29) is 43.7 Å². The van der Waals surface area contributed by atoms with Crippen molar-refractivity contribution in [3.05, 3.63) is 108 Å². The number of fused-ring (bicyclic) bond motifs is 1. The van der Waals surface area contributed by atoms with Crippen LogP contribution in [0.15, 0.2) is 91.1 Å². The first-order chi connectivity index (χ1) is 36.0. The zero-order chi connectivity index (χ0) is 54.4. The number of unbranched alkanes of at least 4 members (excludes halogenated alkanes) is 1. The van der Waals surface area contributed by atoms with E-state index in [1.165, 1.54) is 13.8 Å². The number of hydrogen-bond donors (Lipinski definition) is 13. The topological polar surface area (TPSA) is 359 Å². The molecular formula is C51H68N10O12S2. The first-order valence-electron chi connectivity index (χ1n) is 24.6. The Labute approximate surface area is 442 Å². The third-order valence-corrected chi connectivity index (χ3v) is 14.6. The van der Waals surface area contributed by atoms with Crippen LogP contribution in [0, 0.1) is 0 Å². The summed E-state index contributed by atoms with van der Waals surface area (Å²) >= 11 is 0. The van der Waals surface area contributed by atoms with E-state index in [0.29, 0.717) is 24.0 Å². The van der Waals surface area contributed by atoms with Crippen LogP contribution < -0.4 is 48.7 Å². The Kier molecular flexibility index (Phi) is 23.8. The fourth-order valence-electron chi connectivity index (χ4n) is 7.94. The number of hydrogen-bond acceptors (Lipinski definition) is 16. The number of H-pyrrole nitrogens is 1. The van der Waals surface area contributed by atoms with E-state index in [2.05, 4.69) is 42.2 Å². The molecule has 0 radical (unpaired) electrons. The zero-order valence-corrected chi connectivity index (χ0v) is 43.3. The highest BCUT2D eigenvalue weighted by molar-refractivity contribution is 8.76. The summed E-state index contributed by atoms with van der Waals surface area (Å²) in [6, 6.07) is 14.0. The molecule has 15 N–H and O–H groups in total. The Balaban J connectivity index is 1.57. The highest BCUT2D eigenvalue weighted by Crippen LogP contribution is 2.24. The molecule has 24 heteroatoms. The van der Waals surface area contributed by atoms with Gasteiger partial charge in [-0.05, 0) is 68.8 Å². The lowest BCUT2D eigenvalue weighted by Gasteiger charge is -2.29. The third kappa shape index (κ3) is 18.7. The zero-order valence-electron chi connectivity index (χ0n) is 41.7. The molecule has 7 amide bonds. The molecular weight excluding hydrogens is 1010 g/mol. The van der Waals surface area contributed by atoms with Gasteiger partial charge in [0, 0.05) is 41.4 Å². The SMILES string of the molecule is C[C@@H](O)C(COC(=O)CO)NC(=O)C1CSSCC(NC(=O)C(N)Cc2ccccc2)C(=O)NC(Cc2ccccc2)C(=O)NC(Cc2c[nH]c3ccccc23)C(=O)NC(CCCCN)C(=O)NC([C@@H](C)O)C(=O)N1. The minimum absolute atomic E-state index is 0.00591. The maximum Gasteiger partial charge on any atom is 0.331 e. The number of aromatic amines is 1. The molecule has 3 aromatic carbocycles. The van der Waals surface area contributed by atoms with Crippen LogP contribution in [0.1, 0.15) is 49.8 Å². The number of rotatable bonds is 19. The van der Waals surface area contributed by atoms with Gasteiger partial charge in [-0.3, -0.25) is 33.6 Å². The summed E-state index contributed by atoms with van der Waals surface area (Å²) in [5.74, 6) is -7.40. The second kappa shape index (κ2) is 30.1. The smallest absolute Gasteiger partial charge is 0.331 e. The third-order valence-electron chi connectivity index (χ3n) is 12.2. The largest absolute Gasteiger partial charge is 0.462 e. The molecule has 1 aromatic heterocycles. The summed E-state index contributed by atoms with van der Waals surface area (Å²) in [5.41, 5.74) is 15.0. The number of aliphatic hydroxyl groups is 3. The Morgan fingerprint density at radius 1 is 0.733 bits per heavy atom. The van der Waals surface area contributed by atoms with Crippen molar-refractivity contribution in [2.45, 2.75) is 113 Å². The molecule has 0 spiro atoms. The predicted molar refractivity (Wildman–Crippen MR) is 283 cm³/mol. The number of ether oxygens (including phenoxy) is 1. The molecule has 22 nitrogen and oxygen atoms in total. The van der Waals surface area contributed by atoms with Gasteiger partial charge in [0.2, 0.25) is 41.4 Å². The van der Waals surface area contributed by atoms with Gasteiger partial charge in [-0.1, -0.05) is 100 Å². The summed E-state index contributed by atoms with van der Waals surface area (Å²) < 4.78 is 4.95. The molecule has 75 heavy (non-hydrogen) atoms. The summed E-state index contributed by atoms with van der Waals surface area (Å²) in [6.45, 7) is 1.25. The minimum atomic E-state index is -1.72. The molecule has 0 bridgehead atoms. The number of nitrogens with one attached hydrogen (secondary N) is 8. The van der Waals surface area contributed by atoms with Crippen molar-refractivity contribution in [2.75, 3.05) is 31.3 Å². The fourth-order valence-corrected chi connectivity index (χ4v) is 10.3. The molecule has 5 rings (SSSR count). The van der Waals surface area contributed by atoms with Gasteiger partial charge in [-0.2, -0.15) is 0 Å². The number of carbonyl (C=O) groups is 8. The van der Waals surface area contributed by atoms with Gasteiger partial charge in [0.1, 0.15) is 49.5 Å². The number of carbonyl (C=O) groups excluding carboxylic acids is 8. The van der Waals surface area contributed by atoms with Crippen molar-refractivity contribution >= 4 is 79.8 Å². The minimum Gasteiger partial charge on any atom is -0.462 e. The van der Waals surface area contributed by atoms with Crippen LogP contribution in [0.3, 0.4) is 0 Å². The van der Waals surface area contributed by atoms with Gasteiger partial charge in [0.05, 0.1) is 24.3 Å². The molecule has 1 saturated heterocycles.